The van der Waals surface area contributed by atoms with Gasteiger partial charge in [0, 0.05) is 13.6 Å². The Hall–Kier alpha value is -1.84. The quantitative estimate of drug-likeness (QED) is 0.901. The number of rotatable bonds is 4. The van der Waals surface area contributed by atoms with Crippen LogP contribution in [0.15, 0.2) is 18.2 Å². The zero-order chi connectivity index (χ0) is 14.2. The largest absolute Gasteiger partial charge is 0.481 e. The molecule has 1 fully saturated rings. The number of aryl methyl sites for hydroxylation is 2. The van der Waals surface area contributed by atoms with Gasteiger partial charge in [-0.1, -0.05) is 23.8 Å². The first-order valence-electron chi connectivity index (χ1n) is 6.44. The lowest BCUT2D eigenvalue weighted by Gasteiger charge is -2.18. The maximum Gasteiger partial charge on any atom is 0.307 e. The first-order chi connectivity index (χ1) is 8.90. The molecule has 1 aromatic rings. The van der Waals surface area contributed by atoms with Crippen molar-refractivity contribution in [3.8, 4) is 0 Å². The molecule has 0 spiro atoms. The molecule has 0 heterocycles. The predicted molar refractivity (Wildman–Crippen MR) is 71.6 cm³/mol. The summed E-state index contributed by atoms with van der Waals surface area (Å²) in [6.45, 7) is 4.60. The molecule has 1 saturated carbocycles. The lowest BCUT2D eigenvalue weighted by molar-refractivity contribution is -0.141. The number of carbonyl (C=O) groups is 2. The van der Waals surface area contributed by atoms with E-state index >= 15 is 0 Å². The Kier molecular flexibility index (Phi) is 3.60. The number of nitrogens with zero attached hydrogens (tertiary/aromatic N) is 1. The standard InChI is InChI=1S/C15H19NO3/c1-9-4-5-11(10(2)6-9)8-16(3)14(17)12-7-13(12)15(18)19/h4-6,12-13H,7-8H2,1-3H3,(H,18,19)/t12-,13+/m1/s1. The summed E-state index contributed by atoms with van der Waals surface area (Å²) in [5.41, 5.74) is 3.46. The monoisotopic (exact) mass is 261 g/mol. The lowest BCUT2D eigenvalue weighted by Crippen LogP contribution is -2.29. The molecule has 1 aromatic carbocycles. The van der Waals surface area contributed by atoms with E-state index in [0.29, 0.717) is 13.0 Å². The summed E-state index contributed by atoms with van der Waals surface area (Å²) >= 11 is 0. The summed E-state index contributed by atoms with van der Waals surface area (Å²) in [5.74, 6) is -1.73. The first kappa shape index (κ1) is 13.6. The number of hydrogen-bond acceptors (Lipinski definition) is 2. The van der Waals surface area contributed by atoms with Crippen molar-refractivity contribution in [2.24, 2.45) is 11.8 Å². The van der Waals surface area contributed by atoms with E-state index in [1.54, 1.807) is 11.9 Å². The Balaban J connectivity index is 1.99. The van der Waals surface area contributed by atoms with Crippen molar-refractivity contribution in [3.05, 3.63) is 34.9 Å². The van der Waals surface area contributed by atoms with Crippen molar-refractivity contribution >= 4 is 11.9 Å². The molecule has 0 radical (unpaired) electrons. The van der Waals surface area contributed by atoms with Gasteiger partial charge in [0.1, 0.15) is 0 Å². The normalized spacial score (nSPS) is 21.0. The molecule has 0 aliphatic heterocycles. The van der Waals surface area contributed by atoms with E-state index in [9.17, 15) is 9.59 Å². The zero-order valence-electron chi connectivity index (χ0n) is 11.5. The molecule has 1 aliphatic rings. The Morgan fingerprint density at radius 2 is 2.00 bits per heavy atom. The maximum atomic E-state index is 12.1. The van der Waals surface area contributed by atoms with Gasteiger partial charge in [0.15, 0.2) is 0 Å². The smallest absolute Gasteiger partial charge is 0.307 e. The number of hydrogen-bond donors (Lipinski definition) is 1. The molecule has 1 amide bonds. The van der Waals surface area contributed by atoms with Gasteiger partial charge < -0.3 is 10.0 Å². The fourth-order valence-corrected chi connectivity index (χ4v) is 2.38. The maximum absolute atomic E-state index is 12.1. The molecular weight excluding hydrogens is 242 g/mol. The van der Waals surface area contributed by atoms with E-state index in [-0.39, 0.29) is 11.8 Å². The summed E-state index contributed by atoms with van der Waals surface area (Å²) in [6, 6.07) is 6.14. The molecule has 0 unspecified atom stereocenters. The van der Waals surface area contributed by atoms with Gasteiger partial charge in [-0.3, -0.25) is 9.59 Å². The minimum absolute atomic E-state index is 0.0626. The van der Waals surface area contributed by atoms with Crippen molar-refractivity contribution in [2.75, 3.05) is 7.05 Å². The average molecular weight is 261 g/mol. The summed E-state index contributed by atoms with van der Waals surface area (Å²) in [4.78, 5) is 24.5. The summed E-state index contributed by atoms with van der Waals surface area (Å²) in [7, 11) is 1.73. The molecule has 4 heteroatoms. The molecule has 102 valence electrons. The first-order valence-corrected chi connectivity index (χ1v) is 6.44. The predicted octanol–water partition coefficient (Wildman–Crippen LogP) is 1.98. The Morgan fingerprint density at radius 1 is 1.32 bits per heavy atom. The van der Waals surface area contributed by atoms with Crippen LogP contribution in [0, 0.1) is 25.7 Å². The van der Waals surface area contributed by atoms with Crippen molar-refractivity contribution in [3.63, 3.8) is 0 Å². The highest BCUT2D eigenvalue weighted by Gasteiger charge is 2.49. The van der Waals surface area contributed by atoms with E-state index in [0.717, 1.165) is 11.1 Å². The van der Waals surface area contributed by atoms with Crippen LogP contribution >= 0.6 is 0 Å². The summed E-state index contributed by atoms with van der Waals surface area (Å²) in [6.07, 6.45) is 0.478. The fraction of sp³-hybridized carbons (Fsp3) is 0.467. The van der Waals surface area contributed by atoms with Crippen LogP contribution in [0.25, 0.3) is 0 Å². The van der Waals surface area contributed by atoms with Crippen LogP contribution in [-0.4, -0.2) is 28.9 Å². The third-order valence-electron chi connectivity index (χ3n) is 3.71. The summed E-state index contributed by atoms with van der Waals surface area (Å²) < 4.78 is 0. The van der Waals surface area contributed by atoms with E-state index in [2.05, 4.69) is 6.07 Å². The van der Waals surface area contributed by atoms with Crippen LogP contribution in [0.4, 0.5) is 0 Å². The van der Waals surface area contributed by atoms with Gasteiger partial charge in [-0.25, -0.2) is 0 Å². The number of carboxylic acids is 1. The van der Waals surface area contributed by atoms with Gasteiger partial charge >= 0.3 is 5.97 Å². The zero-order valence-corrected chi connectivity index (χ0v) is 11.5. The van der Waals surface area contributed by atoms with Crippen molar-refractivity contribution in [1.82, 2.24) is 4.90 Å². The van der Waals surface area contributed by atoms with E-state index < -0.39 is 11.9 Å². The van der Waals surface area contributed by atoms with E-state index in [1.807, 2.05) is 26.0 Å². The molecule has 4 nitrogen and oxygen atoms in total. The second-order valence-electron chi connectivity index (χ2n) is 5.41. The molecule has 0 saturated heterocycles. The lowest BCUT2D eigenvalue weighted by atomic mass is 10.1. The van der Waals surface area contributed by atoms with Crippen molar-refractivity contribution in [2.45, 2.75) is 26.8 Å². The second-order valence-corrected chi connectivity index (χ2v) is 5.41. The van der Waals surface area contributed by atoms with E-state index in [4.69, 9.17) is 5.11 Å². The highest BCUT2D eigenvalue weighted by Crippen LogP contribution is 2.40. The molecule has 0 aromatic heterocycles. The molecule has 19 heavy (non-hydrogen) atoms. The topological polar surface area (TPSA) is 57.6 Å². The number of amides is 1. The van der Waals surface area contributed by atoms with Crippen LogP contribution in [0.2, 0.25) is 0 Å². The van der Waals surface area contributed by atoms with Gasteiger partial charge in [0.05, 0.1) is 11.8 Å². The van der Waals surface area contributed by atoms with Crippen LogP contribution in [0.3, 0.4) is 0 Å². The molecule has 1 aliphatic carbocycles. The van der Waals surface area contributed by atoms with Crippen LogP contribution in [0.5, 0.6) is 0 Å². The number of benzene rings is 1. The SMILES string of the molecule is Cc1ccc(CN(C)C(=O)[C@@H]2C[C@@H]2C(=O)O)c(C)c1. The average Bonchev–Trinajstić information content (AvgIpc) is 3.11. The van der Waals surface area contributed by atoms with Gasteiger partial charge in [-0.2, -0.15) is 0 Å². The Morgan fingerprint density at radius 3 is 2.53 bits per heavy atom. The Bertz CT molecular complexity index is 524. The van der Waals surface area contributed by atoms with Gasteiger partial charge in [-0.05, 0) is 31.4 Å². The highest BCUT2D eigenvalue weighted by atomic mass is 16.4. The number of carboxylic acid groups (broad SMARTS) is 1. The highest BCUT2D eigenvalue weighted by molar-refractivity contribution is 5.89. The number of aliphatic carboxylic acids is 1. The van der Waals surface area contributed by atoms with Crippen LogP contribution in [0.1, 0.15) is 23.1 Å². The minimum Gasteiger partial charge on any atom is -0.481 e. The molecule has 1 N–H and O–H groups in total. The van der Waals surface area contributed by atoms with Gasteiger partial charge in [-0.15, -0.1) is 0 Å². The number of carbonyl (C=O) groups excluding carboxylic acids is 1. The second kappa shape index (κ2) is 5.03. The molecule has 0 bridgehead atoms. The molecular formula is C15H19NO3. The minimum atomic E-state index is -0.863. The fourth-order valence-electron chi connectivity index (χ4n) is 2.38. The Labute approximate surface area is 113 Å². The third kappa shape index (κ3) is 2.95. The van der Waals surface area contributed by atoms with E-state index in [1.165, 1.54) is 5.56 Å². The van der Waals surface area contributed by atoms with Gasteiger partial charge in [0.2, 0.25) is 5.91 Å². The van der Waals surface area contributed by atoms with Crippen LogP contribution < -0.4 is 0 Å². The van der Waals surface area contributed by atoms with Crippen LogP contribution in [-0.2, 0) is 16.1 Å². The van der Waals surface area contributed by atoms with Gasteiger partial charge in [0.25, 0.3) is 0 Å². The molecule has 2 atom stereocenters. The van der Waals surface area contributed by atoms with Crippen molar-refractivity contribution in [1.29, 1.82) is 0 Å². The van der Waals surface area contributed by atoms with Crippen molar-refractivity contribution < 1.29 is 14.7 Å². The summed E-state index contributed by atoms with van der Waals surface area (Å²) in [5, 5.41) is 8.85. The third-order valence-corrected chi connectivity index (χ3v) is 3.71. The molecule has 2 rings (SSSR count).